The maximum absolute atomic E-state index is 6.48. The van der Waals surface area contributed by atoms with Crippen molar-refractivity contribution in [3.63, 3.8) is 0 Å². The molecule has 0 amide bonds. The lowest BCUT2D eigenvalue weighted by Gasteiger charge is -2.49. The minimum absolute atomic E-state index is 0.253. The molecule has 1 saturated heterocycles. The van der Waals surface area contributed by atoms with Crippen LogP contribution in [0.5, 0.6) is 0 Å². The van der Waals surface area contributed by atoms with Gasteiger partial charge in [-0.2, -0.15) is 0 Å². The second kappa shape index (κ2) is 7.38. The van der Waals surface area contributed by atoms with Crippen LogP contribution in [0, 0.1) is 0 Å². The Morgan fingerprint density at radius 2 is 1.73 bits per heavy atom. The van der Waals surface area contributed by atoms with Crippen LogP contribution < -0.4 is 0 Å². The summed E-state index contributed by atoms with van der Waals surface area (Å²) in [6.07, 6.45) is 9.56. The number of hydrogen-bond acceptors (Lipinski definition) is 3. The highest BCUT2D eigenvalue weighted by atomic mass is 32.1. The zero-order chi connectivity index (χ0) is 18.2. The first-order valence-corrected chi connectivity index (χ1v) is 14.6. The lowest BCUT2D eigenvalue weighted by Crippen LogP contribution is -2.51. The quantitative estimate of drug-likeness (QED) is 0.565. The molecule has 0 radical (unpaired) electrons. The van der Waals surface area contributed by atoms with Crippen molar-refractivity contribution in [1.82, 2.24) is 4.90 Å². The maximum Gasteiger partial charge on any atom is 0.184 e. The number of fused-ring (bicyclic) bond motifs is 1. The predicted molar refractivity (Wildman–Crippen MR) is 116 cm³/mol. The molecule has 4 rings (SSSR count). The van der Waals surface area contributed by atoms with Crippen molar-refractivity contribution in [2.75, 3.05) is 13.1 Å². The normalized spacial score (nSPS) is 28.5. The molecule has 1 aromatic heterocycles. The first-order valence-electron chi connectivity index (χ1n) is 10.4. The number of piperidine rings is 1. The molecular formula is C22H33NOSSi. The van der Waals surface area contributed by atoms with Gasteiger partial charge in [-0.05, 0) is 88.8 Å². The van der Waals surface area contributed by atoms with E-state index in [2.05, 4.69) is 54.9 Å². The second-order valence-corrected chi connectivity index (χ2v) is 14.7. The highest BCUT2D eigenvalue weighted by Crippen LogP contribution is 2.48. The fraction of sp³-hybridized carbons (Fsp3) is 0.636. The van der Waals surface area contributed by atoms with E-state index >= 15 is 0 Å². The smallest absolute Gasteiger partial charge is 0.184 e. The molecule has 0 spiro atoms. The third-order valence-corrected chi connectivity index (χ3v) is 8.48. The van der Waals surface area contributed by atoms with Crippen LogP contribution in [-0.4, -0.2) is 32.4 Å². The molecule has 26 heavy (non-hydrogen) atoms. The van der Waals surface area contributed by atoms with E-state index in [1.165, 1.54) is 68.1 Å². The van der Waals surface area contributed by atoms with Gasteiger partial charge in [-0.15, -0.1) is 11.3 Å². The zero-order valence-corrected chi connectivity index (χ0v) is 18.4. The third kappa shape index (κ3) is 3.80. The van der Waals surface area contributed by atoms with Gasteiger partial charge in [0.25, 0.3) is 0 Å². The Morgan fingerprint density at radius 3 is 2.38 bits per heavy atom. The summed E-state index contributed by atoms with van der Waals surface area (Å²) >= 11 is 2.04. The van der Waals surface area contributed by atoms with Crippen LogP contribution in [0.15, 0.2) is 30.3 Å². The van der Waals surface area contributed by atoms with E-state index in [4.69, 9.17) is 4.43 Å². The van der Waals surface area contributed by atoms with Gasteiger partial charge in [-0.25, -0.2) is 0 Å². The van der Waals surface area contributed by atoms with Gasteiger partial charge in [-0.1, -0.05) is 24.6 Å². The Labute approximate surface area is 163 Å². The van der Waals surface area contributed by atoms with Gasteiger partial charge in [-0.3, -0.25) is 4.90 Å². The summed E-state index contributed by atoms with van der Waals surface area (Å²) in [5.41, 5.74) is 0.253. The second-order valence-electron chi connectivity index (χ2n) is 9.16. The first-order chi connectivity index (χ1) is 12.5. The van der Waals surface area contributed by atoms with Gasteiger partial charge in [0.1, 0.15) is 0 Å². The molecule has 142 valence electrons. The van der Waals surface area contributed by atoms with Gasteiger partial charge in [0, 0.05) is 15.7 Å². The van der Waals surface area contributed by atoms with Crippen molar-refractivity contribution in [2.45, 2.75) is 76.2 Å². The van der Waals surface area contributed by atoms with E-state index in [0.29, 0.717) is 6.10 Å². The van der Waals surface area contributed by atoms with Crippen molar-refractivity contribution in [3.8, 4) is 0 Å². The van der Waals surface area contributed by atoms with Gasteiger partial charge >= 0.3 is 0 Å². The Kier molecular flexibility index (Phi) is 5.30. The molecular weight excluding hydrogens is 354 g/mol. The lowest BCUT2D eigenvalue weighted by molar-refractivity contribution is -0.000354. The molecule has 0 unspecified atom stereocenters. The molecule has 0 bridgehead atoms. The summed E-state index contributed by atoms with van der Waals surface area (Å²) in [6, 6.07) is 11.4. The van der Waals surface area contributed by atoms with Crippen LogP contribution in [0.3, 0.4) is 0 Å². The molecule has 1 aliphatic carbocycles. The maximum atomic E-state index is 6.48. The third-order valence-electron chi connectivity index (χ3n) is 6.13. The molecule has 1 saturated carbocycles. The molecule has 1 aromatic carbocycles. The standard InChI is InChI=1S/C22H33NOSSi/c1-26(2,3)24-19-11-13-22(14-12-19,23-15-7-4-8-16-23)21-17-18-9-5-6-10-20(18)25-21/h5-6,9-10,17,19H,4,7-8,11-16H2,1-3H3. The van der Waals surface area contributed by atoms with Crippen molar-refractivity contribution in [3.05, 3.63) is 35.2 Å². The molecule has 2 heterocycles. The average Bonchev–Trinajstić information content (AvgIpc) is 3.07. The number of likely N-dealkylation sites (tertiary alicyclic amines) is 1. The van der Waals surface area contributed by atoms with Gasteiger partial charge in [0.05, 0.1) is 5.54 Å². The lowest BCUT2D eigenvalue weighted by atomic mass is 9.77. The highest BCUT2D eigenvalue weighted by Gasteiger charge is 2.43. The Hall–Kier alpha value is -0.683. The minimum atomic E-state index is -1.45. The van der Waals surface area contributed by atoms with Gasteiger partial charge in [0.15, 0.2) is 8.32 Å². The molecule has 2 aromatic rings. The monoisotopic (exact) mass is 387 g/mol. The molecule has 2 nitrogen and oxygen atoms in total. The van der Waals surface area contributed by atoms with Gasteiger partial charge in [0.2, 0.25) is 0 Å². The number of benzene rings is 1. The molecule has 0 atom stereocenters. The van der Waals surface area contributed by atoms with E-state index in [9.17, 15) is 0 Å². The highest BCUT2D eigenvalue weighted by molar-refractivity contribution is 7.19. The number of thiophene rings is 1. The zero-order valence-electron chi connectivity index (χ0n) is 16.6. The van der Waals surface area contributed by atoms with E-state index in [-0.39, 0.29) is 5.54 Å². The SMILES string of the molecule is C[Si](C)(C)OC1CCC(c2cc3ccccc3s2)(N2CCCCC2)CC1. The van der Waals surface area contributed by atoms with Crippen molar-refractivity contribution >= 4 is 29.7 Å². The summed E-state index contributed by atoms with van der Waals surface area (Å²) in [5, 5.41) is 1.42. The van der Waals surface area contributed by atoms with Crippen LogP contribution >= 0.6 is 11.3 Å². The summed E-state index contributed by atoms with van der Waals surface area (Å²) in [4.78, 5) is 4.44. The fourth-order valence-electron chi connectivity index (χ4n) is 4.94. The van der Waals surface area contributed by atoms with E-state index in [1.807, 2.05) is 11.3 Å². The summed E-state index contributed by atoms with van der Waals surface area (Å²) in [7, 11) is -1.45. The number of rotatable bonds is 4. The fourth-order valence-corrected chi connectivity index (χ4v) is 7.51. The Balaban J connectivity index is 1.63. The summed E-state index contributed by atoms with van der Waals surface area (Å²) in [5.74, 6) is 0. The molecule has 2 aliphatic rings. The largest absolute Gasteiger partial charge is 0.415 e. The number of nitrogens with zero attached hydrogens (tertiary/aromatic N) is 1. The number of hydrogen-bond donors (Lipinski definition) is 0. The molecule has 1 aliphatic heterocycles. The molecule has 2 fully saturated rings. The summed E-state index contributed by atoms with van der Waals surface area (Å²) in [6.45, 7) is 9.52. The van der Waals surface area contributed by atoms with Crippen LogP contribution in [0.1, 0.15) is 49.8 Å². The predicted octanol–water partition coefficient (Wildman–Crippen LogP) is 6.38. The van der Waals surface area contributed by atoms with Crippen molar-refractivity contribution < 1.29 is 4.43 Å². The van der Waals surface area contributed by atoms with Crippen LogP contribution in [-0.2, 0) is 9.96 Å². The van der Waals surface area contributed by atoms with E-state index in [0.717, 1.165) is 0 Å². The van der Waals surface area contributed by atoms with Crippen molar-refractivity contribution in [1.29, 1.82) is 0 Å². The van der Waals surface area contributed by atoms with E-state index in [1.54, 1.807) is 4.88 Å². The first kappa shape index (κ1) is 18.7. The Morgan fingerprint density at radius 1 is 1.04 bits per heavy atom. The topological polar surface area (TPSA) is 12.5 Å². The van der Waals surface area contributed by atoms with E-state index < -0.39 is 8.32 Å². The van der Waals surface area contributed by atoms with Crippen LogP contribution in [0.4, 0.5) is 0 Å². The van der Waals surface area contributed by atoms with Crippen LogP contribution in [0.25, 0.3) is 10.1 Å². The summed E-state index contributed by atoms with van der Waals surface area (Å²) < 4.78 is 7.92. The minimum Gasteiger partial charge on any atom is -0.415 e. The van der Waals surface area contributed by atoms with Crippen molar-refractivity contribution in [2.24, 2.45) is 0 Å². The average molecular weight is 388 g/mol. The van der Waals surface area contributed by atoms with Crippen LogP contribution in [0.2, 0.25) is 19.6 Å². The Bertz CT molecular complexity index is 703. The molecule has 0 N–H and O–H groups in total. The van der Waals surface area contributed by atoms with Gasteiger partial charge < -0.3 is 4.43 Å². The molecule has 4 heteroatoms.